The van der Waals surface area contributed by atoms with Gasteiger partial charge in [-0.25, -0.2) is 13.1 Å². The number of sulfonamides is 1. The maximum absolute atomic E-state index is 12.5. The van der Waals surface area contributed by atoms with Crippen molar-refractivity contribution < 1.29 is 8.42 Å². The summed E-state index contributed by atoms with van der Waals surface area (Å²) in [5.74, 6) is 0. The molecule has 2 N–H and O–H groups in total. The van der Waals surface area contributed by atoms with E-state index in [1.54, 1.807) is 6.07 Å². The first-order chi connectivity index (χ1) is 9.21. The lowest BCUT2D eigenvalue weighted by Gasteiger charge is -2.24. The summed E-state index contributed by atoms with van der Waals surface area (Å²) >= 11 is 0. The van der Waals surface area contributed by atoms with E-state index < -0.39 is 10.0 Å². The van der Waals surface area contributed by atoms with Gasteiger partial charge in [-0.2, -0.15) is 0 Å². The summed E-state index contributed by atoms with van der Waals surface area (Å²) in [6.45, 7) is 9.40. The predicted molar refractivity (Wildman–Crippen MR) is 82.6 cm³/mol. The van der Waals surface area contributed by atoms with Crippen LogP contribution in [0.2, 0.25) is 0 Å². The smallest absolute Gasteiger partial charge is 0.240 e. The Balaban J connectivity index is 2.37. The zero-order chi connectivity index (χ0) is 15.0. The topological polar surface area (TPSA) is 58.2 Å². The maximum atomic E-state index is 12.5. The van der Waals surface area contributed by atoms with Crippen molar-refractivity contribution >= 4 is 15.7 Å². The molecule has 0 saturated heterocycles. The number of anilines is 1. The molecule has 4 nitrogen and oxygen atoms in total. The number of hydrogen-bond acceptors (Lipinski definition) is 3. The molecular formula is C15H24N2O2S. The maximum Gasteiger partial charge on any atom is 0.240 e. The third kappa shape index (κ3) is 3.33. The van der Waals surface area contributed by atoms with E-state index in [4.69, 9.17) is 0 Å². The minimum atomic E-state index is -3.44. The molecule has 20 heavy (non-hydrogen) atoms. The van der Waals surface area contributed by atoms with E-state index in [0.29, 0.717) is 11.4 Å². The molecule has 2 rings (SSSR count). The molecular weight excluding hydrogens is 272 g/mol. The fourth-order valence-electron chi connectivity index (χ4n) is 2.36. The van der Waals surface area contributed by atoms with Gasteiger partial charge < -0.3 is 5.32 Å². The Labute approximate surface area is 122 Å². The van der Waals surface area contributed by atoms with Crippen LogP contribution in [0.25, 0.3) is 0 Å². The second-order valence-corrected chi connectivity index (χ2v) is 8.39. The molecule has 1 aromatic carbocycles. The van der Waals surface area contributed by atoms with E-state index >= 15 is 0 Å². The highest BCUT2D eigenvalue weighted by Gasteiger charge is 2.25. The average molecular weight is 296 g/mol. The molecule has 0 aliphatic carbocycles. The summed E-state index contributed by atoms with van der Waals surface area (Å²) < 4.78 is 27.8. The molecule has 1 aromatic rings. The van der Waals surface area contributed by atoms with Gasteiger partial charge >= 0.3 is 0 Å². The lowest BCUT2D eigenvalue weighted by atomic mass is 9.98. The number of benzene rings is 1. The Morgan fingerprint density at radius 2 is 2.00 bits per heavy atom. The van der Waals surface area contributed by atoms with Crippen molar-refractivity contribution in [3.63, 3.8) is 0 Å². The van der Waals surface area contributed by atoms with Crippen LogP contribution >= 0.6 is 0 Å². The molecule has 0 aromatic heterocycles. The second-order valence-electron chi connectivity index (χ2n) is 6.65. The van der Waals surface area contributed by atoms with E-state index in [2.05, 4.69) is 10.0 Å². The molecule has 112 valence electrons. The van der Waals surface area contributed by atoms with Gasteiger partial charge in [0.05, 0.1) is 4.90 Å². The van der Waals surface area contributed by atoms with Gasteiger partial charge in [0.25, 0.3) is 0 Å². The van der Waals surface area contributed by atoms with Crippen LogP contribution in [0.15, 0.2) is 17.0 Å². The van der Waals surface area contributed by atoms with E-state index in [9.17, 15) is 8.42 Å². The molecule has 0 bridgehead atoms. The Morgan fingerprint density at radius 1 is 1.30 bits per heavy atom. The fourth-order valence-corrected chi connectivity index (χ4v) is 3.91. The molecule has 0 saturated carbocycles. The van der Waals surface area contributed by atoms with Gasteiger partial charge in [-0.05, 0) is 42.4 Å². The SMILES string of the molecule is Cc1ccc(S(=O)(=O)NCC(C)(C)C)c2c1NCCC2. The monoisotopic (exact) mass is 296 g/mol. The van der Waals surface area contributed by atoms with Crippen LogP contribution in [-0.2, 0) is 16.4 Å². The summed E-state index contributed by atoms with van der Waals surface area (Å²) in [7, 11) is -3.44. The molecule has 1 heterocycles. The van der Waals surface area contributed by atoms with Crippen molar-refractivity contribution in [2.45, 2.75) is 45.4 Å². The van der Waals surface area contributed by atoms with E-state index in [1.807, 2.05) is 33.8 Å². The van der Waals surface area contributed by atoms with Gasteiger partial charge in [0.2, 0.25) is 10.0 Å². The minimum Gasteiger partial charge on any atom is -0.385 e. The first-order valence-electron chi connectivity index (χ1n) is 7.07. The van der Waals surface area contributed by atoms with Crippen LogP contribution in [0.5, 0.6) is 0 Å². The average Bonchev–Trinajstić information content (AvgIpc) is 2.36. The van der Waals surface area contributed by atoms with Gasteiger partial charge in [0.1, 0.15) is 0 Å². The van der Waals surface area contributed by atoms with E-state index in [-0.39, 0.29) is 5.41 Å². The highest BCUT2D eigenvalue weighted by atomic mass is 32.2. The molecule has 0 amide bonds. The number of hydrogen-bond donors (Lipinski definition) is 2. The predicted octanol–water partition coefficient (Wildman–Crippen LogP) is 2.68. The van der Waals surface area contributed by atoms with Crippen molar-refractivity contribution in [2.24, 2.45) is 5.41 Å². The Kier molecular flexibility index (Phi) is 4.12. The first-order valence-corrected chi connectivity index (χ1v) is 8.55. The molecule has 1 aliphatic rings. The summed E-state index contributed by atoms with van der Waals surface area (Å²) in [6.07, 6.45) is 1.79. The number of aryl methyl sites for hydroxylation is 1. The highest BCUT2D eigenvalue weighted by molar-refractivity contribution is 7.89. The van der Waals surface area contributed by atoms with E-state index in [0.717, 1.165) is 36.2 Å². The summed E-state index contributed by atoms with van der Waals surface area (Å²) in [5.41, 5.74) is 2.96. The van der Waals surface area contributed by atoms with Crippen molar-refractivity contribution in [2.75, 3.05) is 18.4 Å². The molecule has 0 unspecified atom stereocenters. The Bertz CT molecular complexity index is 601. The Hall–Kier alpha value is -1.07. The van der Waals surface area contributed by atoms with Gasteiger partial charge in [0, 0.05) is 18.8 Å². The van der Waals surface area contributed by atoms with Gasteiger partial charge in [0.15, 0.2) is 0 Å². The fraction of sp³-hybridized carbons (Fsp3) is 0.600. The third-order valence-corrected chi connectivity index (χ3v) is 4.95. The number of fused-ring (bicyclic) bond motifs is 1. The zero-order valence-electron chi connectivity index (χ0n) is 12.7. The van der Waals surface area contributed by atoms with Crippen molar-refractivity contribution in [3.8, 4) is 0 Å². The number of rotatable bonds is 3. The summed E-state index contributed by atoms with van der Waals surface area (Å²) in [6, 6.07) is 3.61. The van der Waals surface area contributed by atoms with Gasteiger partial charge in [-0.15, -0.1) is 0 Å². The van der Waals surface area contributed by atoms with Gasteiger partial charge in [-0.1, -0.05) is 26.8 Å². The van der Waals surface area contributed by atoms with Crippen molar-refractivity contribution in [1.29, 1.82) is 0 Å². The zero-order valence-corrected chi connectivity index (χ0v) is 13.5. The number of nitrogens with one attached hydrogen (secondary N) is 2. The van der Waals surface area contributed by atoms with Crippen LogP contribution in [0.3, 0.4) is 0 Å². The third-order valence-electron chi connectivity index (χ3n) is 3.47. The molecule has 0 fully saturated rings. The van der Waals surface area contributed by atoms with Crippen LogP contribution in [0.4, 0.5) is 5.69 Å². The lowest BCUT2D eigenvalue weighted by Crippen LogP contribution is -2.33. The largest absolute Gasteiger partial charge is 0.385 e. The lowest BCUT2D eigenvalue weighted by molar-refractivity contribution is 0.407. The van der Waals surface area contributed by atoms with Gasteiger partial charge in [-0.3, -0.25) is 0 Å². The molecule has 0 radical (unpaired) electrons. The molecule has 1 aliphatic heterocycles. The van der Waals surface area contributed by atoms with Crippen molar-refractivity contribution in [1.82, 2.24) is 4.72 Å². The van der Waals surface area contributed by atoms with Crippen LogP contribution in [0.1, 0.15) is 38.3 Å². The normalized spacial score (nSPS) is 15.6. The van der Waals surface area contributed by atoms with Crippen LogP contribution < -0.4 is 10.0 Å². The van der Waals surface area contributed by atoms with Crippen LogP contribution in [-0.4, -0.2) is 21.5 Å². The molecule has 0 spiro atoms. The second kappa shape index (κ2) is 5.37. The summed E-state index contributed by atoms with van der Waals surface area (Å²) in [4.78, 5) is 0.426. The minimum absolute atomic E-state index is 0.0733. The van der Waals surface area contributed by atoms with Crippen LogP contribution in [0, 0.1) is 12.3 Å². The Morgan fingerprint density at radius 3 is 2.65 bits per heavy atom. The highest BCUT2D eigenvalue weighted by Crippen LogP contribution is 2.31. The quantitative estimate of drug-likeness (QED) is 0.901. The summed E-state index contributed by atoms with van der Waals surface area (Å²) in [5, 5.41) is 3.32. The van der Waals surface area contributed by atoms with Crippen molar-refractivity contribution in [3.05, 3.63) is 23.3 Å². The first kappa shape index (κ1) is 15.3. The van der Waals surface area contributed by atoms with E-state index in [1.165, 1.54) is 0 Å². The molecule has 5 heteroatoms. The standard InChI is InChI=1S/C15H24N2O2S/c1-11-7-8-13(12-6-5-9-16-14(11)12)20(18,19)17-10-15(2,3)4/h7-8,16-17H,5-6,9-10H2,1-4H3. The molecule has 0 atom stereocenters.